The molecule has 1 amide bonds. The van der Waals surface area contributed by atoms with Gasteiger partial charge in [0, 0.05) is 18.7 Å². The molecular weight excluding hydrogens is 389 g/mol. The van der Waals surface area contributed by atoms with Crippen molar-refractivity contribution in [1.29, 1.82) is 0 Å². The monoisotopic (exact) mass is 417 g/mol. The number of halogens is 1. The lowest BCUT2D eigenvalue weighted by molar-refractivity contribution is -0.134. The SMILES string of the molecule is O=C(COc1ccccc1-c1ccc(F)cc1)N1CCC(CCc2ccccc2)CC1. The number of hydrogen-bond acceptors (Lipinski definition) is 2. The summed E-state index contributed by atoms with van der Waals surface area (Å²) in [6.07, 6.45) is 4.37. The van der Waals surface area contributed by atoms with E-state index in [1.54, 1.807) is 12.1 Å². The van der Waals surface area contributed by atoms with Gasteiger partial charge in [-0.3, -0.25) is 4.79 Å². The summed E-state index contributed by atoms with van der Waals surface area (Å²) in [5, 5.41) is 0. The highest BCUT2D eigenvalue weighted by molar-refractivity contribution is 5.78. The molecule has 160 valence electrons. The van der Waals surface area contributed by atoms with Gasteiger partial charge in [0.25, 0.3) is 5.91 Å². The third kappa shape index (κ3) is 5.72. The number of carbonyl (C=O) groups is 1. The normalized spacial score (nSPS) is 14.4. The zero-order valence-electron chi connectivity index (χ0n) is 17.7. The van der Waals surface area contributed by atoms with Gasteiger partial charge in [-0.15, -0.1) is 0 Å². The highest BCUT2D eigenvalue weighted by Gasteiger charge is 2.23. The number of para-hydroxylation sites is 1. The van der Waals surface area contributed by atoms with Crippen LogP contribution in [0.3, 0.4) is 0 Å². The molecule has 3 aromatic rings. The average Bonchev–Trinajstić information content (AvgIpc) is 2.83. The molecule has 1 heterocycles. The second kappa shape index (κ2) is 10.3. The van der Waals surface area contributed by atoms with Crippen molar-refractivity contribution in [2.45, 2.75) is 25.7 Å². The smallest absolute Gasteiger partial charge is 0.260 e. The highest BCUT2D eigenvalue weighted by atomic mass is 19.1. The van der Waals surface area contributed by atoms with Crippen molar-refractivity contribution in [1.82, 2.24) is 4.90 Å². The largest absolute Gasteiger partial charge is 0.483 e. The lowest BCUT2D eigenvalue weighted by atomic mass is 9.90. The van der Waals surface area contributed by atoms with Gasteiger partial charge in [-0.05, 0) is 60.9 Å². The molecule has 4 rings (SSSR count). The molecule has 4 heteroatoms. The van der Waals surface area contributed by atoms with Crippen molar-refractivity contribution >= 4 is 5.91 Å². The van der Waals surface area contributed by atoms with Crippen molar-refractivity contribution in [2.75, 3.05) is 19.7 Å². The van der Waals surface area contributed by atoms with E-state index in [1.807, 2.05) is 35.2 Å². The van der Waals surface area contributed by atoms with Crippen molar-refractivity contribution in [3.8, 4) is 16.9 Å². The summed E-state index contributed by atoms with van der Waals surface area (Å²) in [5.74, 6) is 1.06. The average molecular weight is 418 g/mol. The minimum absolute atomic E-state index is 0.0207. The van der Waals surface area contributed by atoms with Gasteiger partial charge >= 0.3 is 0 Å². The summed E-state index contributed by atoms with van der Waals surface area (Å²) < 4.78 is 19.1. The van der Waals surface area contributed by atoms with Crippen LogP contribution in [0.5, 0.6) is 5.75 Å². The number of ether oxygens (including phenoxy) is 1. The van der Waals surface area contributed by atoms with Crippen LogP contribution < -0.4 is 4.74 Å². The van der Waals surface area contributed by atoms with Crippen LogP contribution in [0, 0.1) is 11.7 Å². The Morgan fingerprint density at radius 3 is 2.32 bits per heavy atom. The van der Waals surface area contributed by atoms with Gasteiger partial charge in [-0.25, -0.2) is 4.39 Å². The number of rotatable bonds is 7. The van der Waals surface area contributed by atoms with E-state index < -0.39 is 0 Å². The quantitative estimate of drug-likeness (QED) is 0.490. The zero-order valence-corrected chi connectivity index (χ0v) is 17.7. The molecule has 1 aliphatic heterocycles. The van der Waals surface area contributed by atoms with E-state index in [4.69, 9.17) is 4.74 Å². The summed E-state index contributed by atoms with van der Waals surface area (Å²) in [5.41, 5.74) is 3.10. The van der Waals surface area contributed by atoms with Crippen molar-refractivity contribution in [3.63, 3.8) is 0 Å². The molecule has 1 fully saturated rings. The first-order chi connectivity index (χ1) is 15.2. The lowest BCUT2D eigenvalue weighted by Gasteiger charge is -2.32. The highest BCUT2D eigenvalue weighted by Crippen LogP contribution is 2.30. The molecule has 0 atom stereocenters. The van der Waals surface area contributed by atoms with Gasteiger partial charge in [0.1, 0.15) is 11.6 Å². The van der Waals surface area contributed by atoms with Crippen molar-refractivity contribution in [3.05, 3.63) is 90.2 Å². The third-order valence-electron chi connectivity index (χ3n) is 6.04. The van der Waals surface area contributed by atoms with Crippen LogP contribution in [-0.2, 0) is 11.2 Å². The van der Waals surface area contributed by atoms with E-state index in [2.05, 4.69) is 24.3 Å². The fourth-order valence-electron chi connectivity index (χ4n) is 4.18. The minimum atomic E-state index is -0.274. The predicted molar refractivity (Wildman–Crippen MR) is 121 cm³/mol. The molecular formula is C27H28FNO2. The molecule has 1 saturated heterocycles. The Hall–Kier alpha value is -3.14. The summed E-state index contributed by atoms with van der Waals surface area (Å²) in [7, 11) is 0. The summed E-state index contributed by atoms with van der Waals surface area (Å²) in [6, 6.07) is 24.5. The Balaban J connectivity index is 1.27. The molecule has 0 aliphatic carbocycles. The molecule has 0 spiro atoms. The molecule has 3 aromatic carbocycles. The Kier molecular flexibility index (Phi) is 6.98. The van der Waals surface area contributed by atoms with Gasteiger partial charge in [0.05, 0.1) is 0 Å². The van der Waals surface area contributed by atoms with E-state index in [-0.39, 0.29) is 18.3 Å². The first-order valence-corrected chi connectivity index (χ1v) is 11.0. The van der Waals surface area contributed by atoms with E-state index in [0.29, 0.717) is 11.7 Å². The van der Waals surface area contributed by atoms with Gasteiger partial charge < -0.3 is 9.64 Å². The standard InChI is InChI=1S/C27H28FNO2/c28-24-14-12-23(13-15-24)25-8-4-5-9-26(25)31-20-27(30)29-18-16-22(17-19-29)11-10-21-6-2-1-3-7-21/h1-9,12-15,22H,10-11,16-20H2. The summed E-state index contributed by atoms with van der Waals surface area (Å²) >= 11 is 0. The van der Waals surface area contributed by atoms with Crippen molar-refractivity contribution < 1.29 is 13.9 Å². The number of piperidine rings is 1. The van der Waals surface area contributed by atoms with Crippen LogP contribution >= 0.6 is 0 Å². The maximum absolute atomic E-state index is 13.2. The first-order valence-electron chi connectivity index (χ1n) is 11.0. The van der Waals surface area contributed by atoms with Gasteiger partial charge in [0.2, 0.25) is 0 Å². The van der Waals surface area contributed by atoms with Crippen LogP contribution in [0.1, 0.15) is 24.8 Å². The van der Waals surface area contributed by atoms with Gasteiger partial charge in [-0.1, -0.05) is 60.7 Å². The van der Waals surface area contributed by atoms with Crippen LogP contribution in [0.4, 0.5) is 4.39 Å². The van der Waals surface area contributed by atoms with Crippen LogP contribution in [0.25, 0.3) is 11.1 Å². The Morgan fingerprint density at radius 1 is 0.903 bits per heavy atom. The number of nitrogens with zero attached hydrogens (tertiary/aromatic N) is 1. The topological polar surface area (TPSA) is 29.5 Å². The van der Waals surface area contributed by atoms with Crippen LogP contribution in [0.15, 0.2) is 78.9 Å². The fraction of sp³-hybridized carbons (Fsp3) is 0.296. The lowest BCUT2D eigenvalue weighted by Crippen LogP contribution is -2.41. The maximum atomic E-state index is 13.2. The molecule has 0 N–H and O–H groups in total. The van der Waals surface area contributed by atoms with Gasteiger partial charge in [0.15, 0.2) is 6.61 Å². The molecule has 0 unspecified atom stereocenters. The minimum Gasteiger partial charge on any atom is -0.483 e. The summed E-state index contributed by atoms with van der Waals surface area (Å²) in [6.45, 7) is 1.61. The molecule has 3 nitrogen and oxygen atoms in total. The van der Waals surface area contributed by atoms with E-state index in [0.717, 1.165) is 43.5 Å². The van der Waals surface area contributed by atoms with Crippen LogP contribution in [-0.4, -0.2) is 30.5 Å². The number of benzene rings is 3. The predicted octanol–water partition coefficient (Wildman–Crippen LogP) is 5.74. The Morgan fingerprint density at radius 2 is 1.58 bits per heavy atom. The van der Waals surface area contributed by atoms with Crippen molar-refractivity contribution in [2.24, 2.45) is 5.92 Å². The van der Waals surface area contributed by atoms with E-state index in [9.17, 15) is 9.18 Å². The summed E-state index contributed by atoms with van der Waals surface area (Å²) in [4.78, 5) is 14.6. The zero-order chi connectivity index (χ0) is 21.5. The molecule has 0 bridgehead atoms. The third-order valence-corrected chi connectivity index (χ3v) is 6.04. The number of aryl methyl sites for hydroxylation is 1. The number of likely N-dealkylation sites (tertiary alicyclic amines) is 1. The first kappa shape index (κ1) is 21.1. The number of hydrogen-bond donors (Lipinski definition) is 0. The molecule has 1 aliphatic rings. The molecule has 0 saturated carbocycles. The maximum Gasteiger partial charge on any atom is 0.260 e. The van der Waals surface area contributed by atoms with Crippen LogP contribution in [0.2, 0.25) is 0 Å². The molecule has 0 radical (unpaired) electrons. The fourth-order valence-corrected chi connectivity index (χ4v) is 4.18. The molecule has 0 aromatic heterocycles. The van der Waals surface area contributed by atoms with E-state index in [1.165, 1.54) is 24.1 Å². The Bertz CT molecular complexity index is 980. The number of amides is 1. The number of carbonyl (C=O) groups excluding carboxylic acids is 1. The Labute approximate surface area is 183 Å². The van der Waals surface area contributed by atoms with Gasteiger partial charge in [-0.2, -0.15) is 0 Å². The second-order valence-electron chi connectivity index (χ2n) is 8.14. The second-order valence-corrected chi connectivity index (χ2v) is 8.14. The molecule has 31 heavy (non-hydrogen) atoms. The van der Waals surface area contributed by atoms with E-state index >= 15 is 0 Å².